The number of nitrogen functional groups attached to an aromatic ring is 1. The first-order valence-corrected chi connectivity index (χ1v) is 5.85. The van der Waals surface area contributed by atoms with Crippen molar-refractivity contribution < 1.29 is 4.79 Å². The van der Waals surface area contributed by atoms with Gasteiger partial charge in [0.15, 0.2) is 5.78 Å². The molecule has 0 radical (unpaired) electrons. The summed E-state index contributed by atoms with van der Waals surface area (Å²) in [4.78, 5) is 16.3. The SMILES string of the molecule is Nc1ncccc1C(=O)C1Cc2ccccc2N1. The number of aromatic nitrogens is 1. The van der Waals surface area contributed by atoms with E-state index < -0.39 is 0 Å². The van der Waals surface area contributed by atoms with Crippen LogP contribution in [0.15, 0.2) is 42.6 Å². The van der Waals surface area contributed by atoms with Crippen molar-refractivity contribution in [3.63, 3.8) is 0 Å². The zero-order chi connectivity index (χ0) is 12.5. The first-order valence-electron chi connectivity index (χ1n) is 5.85. The molecule has 0 amide bonds. The summed E-state index contributed by atoms with van der Waals surface area (Å²) in [5.74, 6) is 0.289. The minimum atomic E-state index is -0.242. The third kappa shape index (κ3) is 1.72. The molecule has 0 aliphatic carbocycles. The van der Waals surface area contributed by atoms with Gasteiger partial charge in [0.2, 0.25) is 0 Å². The molecule has 0 saturated heterocycles. The average molecular weight is 239 g/mol. The molecule has 3 N–H and O–H groups in total. The number of pyridine rings is 1. The van der Waals surface area contributed by atoms with Crippen molar-refractivity contribution in [2.24, 2.45) is 0 Å². The van der Waals surface area contributed by atoms with Crippen LogP contribution in [0, 0.1) is 0 Å². The van der Waals surface area contributed by atoms with Gasteiger partial charge in [0, 0.05) is 18.3 Å². The normalized spacial score (nSPS) is 17.0. The molecule has 0 fully saturated rings. The molecule has 2 aromatic rings. The lowest BCUT2D eigenvalue weighted by Crippen LogP contribution is -2.27. The molecular formula is C14H13N3O. The fourth-order valence-electron chi connectivity index (χ4n) is 2.27. The monoisotopic (exact) mass is 239 g/mol. The second-order valence-electron chi connectivity index (χ2n) is 4.36. The van der Waals surface area contributed by atoms with E-state index in [1.165, 1.54) is 5.56 Å². The smallest absolute Gasteiger partial charge is 0.189 e. The predicted molar refractivity (Wildman–Crippen MR) is 70.5 cm³/mol. The van der Waals surface area contributed by atoms with Gasteiger partial charge in [-0.25, -0.2) is 4.98 Å². The van der Waals surface area contributed by atoms with E-state index in [9.17, 15) is 4.79 Å². The van der Waals surface area contributed by atoms with Gasteiger partial charge in [-0.2, -0.15) is 0 Å². The molecule has 1 aromatic carbocycles. The van der Waals surface area contributed by atoms with E-state index in [0.717, 1.165) is 5.69 Å². The lowest BCUT2D eigenvalue weighted by molar-refractivity contribution is 0.0972. The number of ketones is 1. The quantitative estimate of drug-likeness (QED) is 0.785. The average Bonchev–Trinajstić information content (AvgIpc) is 2.82. The Morgan fingerprint density at radius 3 is 2.89 bits per heavy atom. The fraction of sp³-hybridized carbons (Fsp3) is 0.143. The Morgan fingerprint density at radius 2 is 2.11 bits per heavy atom. The van der Waals surface area contributed by atoms with Gasteiger partial charge in [0.1, 0.15) is 5.82 Å². The van der Waals surface area contributed by atoms with Gasteiger partial charge in [0.25, 0.3) is 0 Å². The van der Waals surface area contributed by atoms with Gasteiger partial charge in [-0.3, -0.25) is 4.79 Å². The van der Waals surface area contributed by atoms with E-state index in [-0.39, 0.29) is 11.8 Å². The maximum Gasteiger partial charge on any atom is 0.189 e. The summed E-state index contributed by atoms with van der Waals surface area (Å²) in [5, 5.41) is 3.23. The Labute approximate surface area is 105 Å². The number of para-hydroxylation sites is 1. The van der Waals surface area contributed by atoms with E-state index in [4.69, 9.17) is 5.73 Å². The third-order valence-corrected chi connectivity index (χ3v) is 3.19. The number of nitrogens with two attached hydrogens (primary N) is 1. The number of Topliss-reactive ketones (excluding diaryl/α,β-unsaturated/α-hetero) is 1. The fourth-order valence-corrected chi connectivity index (χ4v) is 2.27. The van der Waals surface area contributed by atoms with Crippen LogP contribution in [-0.4, -0.2) is 16.8 Å². The molecule has 1 unspecified atom stereocenters. The Kier molecular flexibility index (Phi) is 2.48. The van der Waals surface area contributed by atoms with Crippen molar-refractivity contribution in [3.05, 3.63) is 53.7 Å². The third-order valence-electron chi connectivity index (χ3n) is 3.19. The number of benzene rings is 1. The summed E-state index contributed by atoms with van der Waals surface area (Å²) in [6, 6.07) is 11.1. The van der Waals surface area contributed by atoms with Gasteiger partial charge >= 0.3 is 0 Å². The van der Waals surface area contributed by atoms with E-state index in [1.54, 1.807) is 18.3 Å². The van der Waals surface area contributed by atoms with Crippen LogP contribution < -0.4 is 11.1 Å². The van der Waals surface area contributed by atoms with Crippen LogP contribution in [-0.2, 0) is 6.42 Å². The van der Waals surface area contributed by atoms with Gasteiger partial charge < -0.3 is 11.1 Å². The number of hydrogen-bond donors (Lipinski definition) is 2. The lowest BCUT2D eigenvalue weighted by Gasteiger charge is -2.11. The number of anilines is 2. The molecule has 18 heavy (non-hydrogen) atoms. The predicted octanol–water partition coefficient (Wildman–Crippen LogP) is 1.88. The zero-order valence-electron chi connectivity index (χ0n) is 9.76. The van der Waals surface area contributed by atoms with E-state index in [2.05, 4.69) is 10.3 Å². The van der Waals surface area contributed by atoms with Crippen LogP contribution in [0.3, 0.4) is 0 Å². The van der Waals surface area contributed by atoms with Crippen molar-refractivity contribution in [2.75, 3.05) is 11.1 Å². The highest BCUT2D eigenvalue weighted by Crippen LogP contribution is 2.27. The van der Waals surface area contributed by atoms with Crippen LogP contribution >= 0.6 is 0 Å². The molecule has 4 heteroatoms. The Bertz CT molecular complexity index is 584. The number of nitrogens with one attached hydrogen (secondary N) is 1. The van der Waals surface area contributed by atoms with Crippen molar-refractivity contribution in [1.82, 2.24) is 4.98 Å². The Hall–Kier alpha value is -2.36. The molecule has 1 atom stereocenters. The molecule has 90 valence electrons. The maximum absolute atomic E-state index is 12.4. The van der Waals surface area contributed by atoms with Crippen LogP contribution in [0.25, 0.3) is 0 Å². The highest BCUT2D eigenvalue weighted by molar-refractivity contribution is 6.05. The highest BCUT2D eigenvalue weighted by Gasteiger charge is 2.28. The molecule has 3 rings (SSSR count). The Morgan fingerprint density at radius 1 is 1.28 bits per heavy atom. The molecule has 0 spiro atoms. The molecule has 1 aliphatic rings. The standard InChI is InChI=1S/C14H13N3O/c15-14-10(5-3-7-16-14)13(18)12-8-9-4-1-2-6-11(9)17-12/h1-7,12,17H,8H2,(H2,15,16). The van der Waals surface area contributed by atoms with Crippen LogP contribution in [0.4, 0.5) is 11.5 Å². The molecule has 2 heterocycles. The van der Waals surface area contributed by atoms with Gasteiger partial charge in [-0.15, -0.1) is 0 Å². The summed E-state index contributed by atoms with van der Waals surface area (Å²) in [6.45, 7) is 0. The molecule has 0 bridgehead atoms. The topological polar surface area (TPSA) is 68.0 Å². The number of carbonyl (C=O) groups excluding carboxylic acids is 1. The van der Waals surface area contributed by atoms with E-state index in [0.29, 0.717) is 17.8 Å². The molecule has 1 aliphatic heterocycles. The number of rotatable bonds is 2. The first-order chi connectivity index (χ1) is 8.75. The van der Waals surface area contributed by atoms with Crippen molar-refractivity contribution in [2.45, 2.75) is 12.5 Å². The largest absolute Gasteiger partial charge is 0.383 e. The molecule has 4 nitrogen and oxygen atoms in total. The maximum atomic E-state index is 12.4. The summed E-state index contributed by atoms with van der Waals surface area (Å²) in [7, 11) is 0. The molecule has 1 aromatic heterocycles. The van der Waals surface area contributed by atoms with Crippen molar-refractivity contribution >= 4 is 17.3 Å². The number of fused-ring (bicyclic) bond motifs is 1. The van der Waals surface area contributed by atoms with Gasteiger partial charge in [-0.05, 0) is 23.8 Å². The zero-order valence-corrected chi connectivity index (χ0v) is 9.76. The second-order valence-corrected chi connectivity index (χ2v) is 4.36. The number of hydrogen-bond acceptors (Lipinski definition) is 4. The second kappa shape index (κ2) is 4.14. The minimum Gasteiger partial charge on any atom is -0.383 e. The summed E-state index contributed by atoms with van der Waals surface area (Å²) >= 11 is 0. The van der Waals surface area contributed by atoms with Crippen LogP contribution in [0.1, 0.15) is 15.9 Å². The summed E-state index contributed by atoms with van der Waals surface area (Å²) in [6.07, 6.45) is 2.28. The van der Waals surface area contributed by atoms with Crippen LogP contribution in [0.2, 0.25) is 0 Å². The Balaban J connectivity index is 1.87. The summed E-state index contributed by atoms with van der Waals surface area (Å²) in [5.41, 5.74) is 8.41. The van der Waals surface area contributed by atoms with Gasteiger partial charge in [-0.1, -0.05) is 18.2 Å². The highest BCUT2D eigenvalue weighted by atomic mass is 16.1. The van der Waals surface area contributed by atoms with E-state index >= 15 is 0 Å². The van der Waals surface area contributed by atoms with Crippen LogP contribution in [0.5, 0.6) is 0 Å². The minimum absolute atomic E-state index is 0.00296. The van der Waals surface area contributed by atoms with Gasteiger partial charge in [0.05, 0.1) is 11.6 Å². The first kappa shape index (κ1) is 10.8. The number of carbonyl (C=O) groups is 1. The lowest BCUT2D eigenvalue weighted by atomic mass is 10.0. The van der Waals surface area contributed by atoms with E-state index in [1.807, 2.05) is 24.3 Å². The molecule has 0 saturated carbocycles. The number of nitrogens with zero attached hydrogens (tertiary/aromatic N) is 1. The molecular weight excluding hydrogens is 226 g/mol. The summed E-state index contributed by atoms with van der Waals surface area (Å²) < 4.78 is 0. The van der Waals surface area contributed by atoms with Crippen molar-refractivity contribution in [3.8, 4) is 0 Å². The van der Waals surface area contributed by atoms with Crippen molar-refractivity contribution in [1.29, 1.82) is 0 Å².